The quantitative estimate of drug-likeness (QED) is 0.222. The predicted molar refractivity (Wildman–Crippen MR) is 157 cm³/mol. The summed E-state index contributed by atoms with van der Waals surface area (Å²) in [6.45, 7) is 6.15. The molecule has 2 heterocycles. The van der Waals surface area contributed by atoms with Crippen LogP contribution in [0.25, 0.3) is 20.5 Å². The summed E-state index contributed by atoms with van der Waals surface area (Å²) < 4.78 is 13.3. The van der Waals surface area contributed by atoms with Crippen molar-refractivity contribution < 1.29 is 19.4 Å². The normalized spacial score (nSPS) is 18.1. The van der Waals surface area contributed by atoms with Gasteiger partial charge in [-0.2, -0.15) is 0 Å². The van der Waals surface area contributed by atoms with Crippen LogP contribution in [-0.4, -0.2) is 48.1 Å². The molecule has 0 amide bonds. The minimum absolute atomic E-state index is 0.0219. The number of phenols is 1. The number of carbonyl (C=O) groups is 1. The van der Waals surface area contributed by atoms with Crippen LogP contribution in [0.4, 0.5) is 0 Å². The van der Waals surface area contributed by atoms with E-state index in [1.165, 1.54) is 19.3 Å². The number of rotatable bonds is 9. The van der Waals surface area contributed by atoms with Gasteiger partial charge in [-0.1, -0.05) is 6.92 Å². The molecule has 1 aromatic heterocycles. The lowest BCUT2D eigenvalue weighted by Crippen LogP contribution is -2.25. The molecule has 5 nitrogen and oxygen atoms in total. The standard InChI is InChI=1S/C33H35NO4S/c1-22-16-17-34(21-22)18-19-37-26-12-8-23(9-13-26)32(36)31-29-15-14-28(38-27-4-2-3-5-27)20-30(29)39-33(31)24-6-10-25(35)11-7-24/h6-15,20,22,27,35H,2-5,16-19,21H2,1H3. The van der Waals surface area contributed by atoms with Gasteiger partial charge in [-0.05, 0) is 117 Å². The molecule has 202 valence electrons. The molecule has 3 aromatic carbocycles. The highest BCUT2D eigenvalue weighted by molar-refractivity contribution is 7.22. The third kappa shape index (κ3) is 5.82. The second-order valence-electron chi connectivity index (χ2n) is 10.9. The Morgan fingerprint density at radius 1 is 0.974 bits per heavy atom. The Bertz CT molecular complexity index is 1440. The summed E-state index contributed by atoms with van der Waals surface area (Å²) in [5.74, 6) is 2.58. The van der Waals surface area contributed by atoms with Crippen molar-refractivity contribution in [3.8, 4) is 27.7 Å². The zero-order valence-corrected chi connectivity index (χ0v) is 23.2. The number of fused-ring (bicyclic) bond motifs is 1. The van der Waals surface area contributed by atoms with E-state index in [9.17, 15) is 9.90 Å². The lowest BCUT2D eigenvalue weighted by molar-refractivity contribution is 0.104. The lowest BCUT2D eigenvalue weighted by Gasteiger charge is -2.15. The van der Waals surface area contributed by atoms with Crippen LogP contribution in [0.5, 0.6) is 17.2 Å². The Morgan fingerprint density at radius 2 is 1.72 bits per heavy atom. The van der Waals surface area contributed by atoms with Crippen LogP contribution in [0.3, 0.4) is 0 Å². The van der Waals surface area contributed by atoms with Crippen molar-refractivity contribution in [2.75, 3.05) is 26.2 Å². The van der Waals surface area contributed by atoms with Crippen LogP contribution < -0.4 is 9.47 Å². The van der Waals surface area contributed by atoms with Gasteiger partial charge < -0.3 is 14.6 Å². The largest absolute Gasteiger partial charge is 0.508 e. The molecule has 1 aliphatic heterocycles. The first-order valence-electron chi connectivity index (χ1n) is 14.1. The molecule has 1 unspecified atom stereocenters. The maximum absolute atomic E-state index is 14.0. The Labute approximate surface area is 234 Å². The molecular formula is C33H35NO4S. The topological polar surface area (TPSA) is 59.0 Å². The van der Waals surface area contributed by atoms with Gasteiger partial charge in [0.05, 0.1) is 6.10 Å². The number of thiophene rings is 1. The maximum Gasteiger partial charge on any atom is 0.195 e. The molecule has 0 radical (unpaired) electrons. The highest BCUT2D eigenvalue weighted by atomic mass is 32.1. The van der Waals surface area contributed by atoms with Gasteiger partial charge >= 0.3 is 0 Å². The monoisotopic (exact) mass is 541 g/mol. The van der Waals surface area contributed by atoms with Crippen LogP contribution in [0.2, 0.25) is 0 Å². The fourth-order valence-electron chi connectivity index (χ4n) is 5.76. The Balaban J connectivity index is 1.25. The number of hydrogen-bond acceptors (Lipinski definition) is 6. The van der Waals surface area contributed by atoms with E-state index in [4.69, 9.17) is 9.47 Å². The van der Waals surface area contributed by atoms with E-state index >= 15 is 0 Å². The van der Waals surface area contributed by atoms with Crippen molar-refractivity contribution in [3.63, 3.8) is 0 Å². The molecule has 6 heteroatoms. The molecule has 1 saturated heterocycles. The predicted octanol–water partition coefficient (Wildman–Crippen LogP) is 7.55. The van der Waals surface area contributed by atoms with E-state index < -0.39 is 0 Å². The molecule has 2 fully saturated rings. The van der Waals surface area contributed by atoms with E-state index in [-0.39, 0.29) is 17.6 Å². The molecule has 0 spiro atoms. The second-order valence-corrected chi connectivity index (χ2v) is 12.0. The molecule has 1 N–H and O–H groups in total. The average molecular weight is 542 g/mol. The van der Waals surface area contributed by atoms with E-state index in [1.807, 2.05) is 48.5 Å². The smallest absolute Gasteiger partial charge is 0.195 e. The Morgan fingerprint density at radius 3 is 2.44 bits per heavy atom. The van der Waals surface area contributed by atoms with Crippen LogP contribution in [0.1, 0.15) is 54.9 Å². The third-order valence-corrected chi connectivity index (χ3v) is 9.13. The number of ketones is 1. The first kappa shape index (κ1) is 25.9. The first-order valence-corrected chi connectivity index (χ1v) is 14.9. The van der Waals surface area contributed by atoms with Gasteiger partial charge in [0, 0.05) is 39.2 Å². The minimum atomic E-state index is -0.0219. The first-order chi connectivity index (χ1) is 19.0. The van der Waals surface area contributed by atoms with E-state index in [0.717, 1.165) is 70.4 Å². The van der Waals surface area contributed by atoms with Crippen LogP contribution in [-0.2, 0) is 0 Å². The molecule has 6 rings (SSSR count). The van der Waals surface area contributed by atoms with Crippen molar-refractivity contribution in [3.05, 3.63) is 77.9 Å². The summed E-state index contributed by atoms with van der Waals surface area (Å²) in [6, 6.07) is 20.6. The average Bonchev–Trinajstić information content (AvgIpc) is 3.69. The van der Waals surface area contributed by atoms with Crippen molar-refractivity contribution in [2.45, 2.75) is 45.1 Å². The van der Waals surface area contributed by atoms with E-state index in [1.54, 1.807) is 23.5 Å². The second kappa shape index (κ2) is 11.4. The van der Waals surface area contributed by atoms with Crippen molar-refractivity contribution in [1.29, 1.82) is 0 Å². The molecule has 2 aliphatic rings. The Kier molecular flexibility index (Phi) is 7.58. The summed E-state index contributed by atoms with van der Waals surface area (Å²) in [4.78, 5) is 17.3. The van der Waals surface area contributed by atoms with Crippen LogP contribution >= 0.6 is 11.3 Å². The van der Waals surface area contributed by atoms with E-state index in [2.05, 4.69) is 17.9 Å². The summed E-state index contributed by atoms with van der Waals surface area (Å²) in [5, 5.41) is 10.8. The van der Waals surface area contributed by atoms with Crippen molar-refractivity contribution >= 4 is 27.2 Å². The number of likely N-dealkylation sites (tertiary alicyclic amines) is 1. The summed E-state index contributed by atoms with van der Waals surface area (Å²) in [5.41, 5.74) is 2.22. The van der Waals surface area contributed by atoms with Gasteiger partial charge in [0.25, 0.3) is 0 Å². The number of carbonyl (C=O) groups excluding carboxylic acids is 1. The molecule has 4 aromatic rings. The number of phenolic OH excluding ortho intramolecular Hbond substituents is 1. The molecular weight excluding hydrogens is 506 g/mol. The van der Waals surface area contributed by atoms with Gasteiger partial charge in [-0.3, -0.25) is 9.69 Å². The molecule has 1 aliphatic carbocycles. The number of hydrogen-bond donors (Lipinski definition) is 1. The number of aromatic hydroxyl groups is 1. The molecule has 1 saturated carbocycles. The van der Waals surface area contributed by atoms with Gasteiger partial charge in [-0.25, -0.2) is 0 Å². The van der Waals surface area contributed by atoms with E-state index in [0.29, 0.717) is 17.7 Å². The number of nitrogens with zero attached hydrogens (tertiary/aromatic N) is 1. The van der Waals surface area contributed by atoms with Gasteiger partial charge in [0.15, 0.2) is 5.78 Å². The van der Waals surface area contributed by atoms with Crippen molar-refractivity contribution in [2.24, 2.45) is 5.92 Å². The minimum Gasteiger partial charge on any atom is -0.508 e. The summed E-state index contributed by atoms with van der Waals surface area (Å²) in [6.07, 6.45) is 6.17. The lowest BCUT2D eigenvalue weighted by atomic mass is 9.97. The van der Waals surface area contributed by atoms with Gasteiger partial charge in [0.1, 0.15) is 23.9 Å². The maximum atomic E-state index is 14.0. The Hall–Kier alpha value is -3.35. The molecule has 39 heavy (non-hydrogen) atoms. The van der Waals surface area contributed by atoms with Crippen LogP contribution in [0, 0.1) is 5.92 Å². The molecule has 1 atom stereocenters. The zero-order valence-electron chi connectivity index (χ0n) is 22.4. The number of ether oxygens (including phenoxy) is 2. The zero-order chi connectivity index (χ0) is 26.8. The highest BCUT2D eigenvalue weighted by Crippen LogP contribution is 2.42. The summed E-state index contributed by atoms with van der Waals surface area (Å²) >= 11 is 1.59. The third-order valence-electron chi connectivity index (χ3n) is 7.92. The van der Waals surface area contributed by atoms with Crippen molar-refractivity contribution in [1.82, 2.24) is 4.90 Å². The fourth-order valence-corrected chi connectivity index (χ4v) is 6.99. The van der Waals surface area contributed by atoms with Gasteiger partial charge in [-0.15, -0.1) is 11.3 Å². The number of benzene rings is 3. The summed E-state index contributed by atoms with van der Waals surface area (Å²) in [7, 11) is 0. The highest BCUT2D eigenvalue weighted by Gasteiger charge is 2.23. The SMILES string of the molecule is CC1CCN(CCOc2ccc(C(=O)c3c(-c4ccc(O)cc4)sc4cc(OC5CCCC5)ccc34)cc2)C1. The van der Waals surface area contributed by atoms with Crippen LogP contribution in [0.15, 0.2) is 66.7 Å². The molecule has 0 bridgehead atoms. The van der Waals surface area contributed by atoms with Gasteiger partial charge in [0.2, 0.25) is 0 Å². The fraction of sp³-hybridized carbons (Fsp3) is 0.364.